The normalized spacial score (nSPS) is 16.1. The minimum absolute atomic E-state index is 0.0100. The second-order valence-corrected chi connectivity index (χ2v) is 3.03. The number of rotatable bonds is 4. The molecular formula is C8H17N3O3. The van der Waals surface area contributed by atoms with E-state index in [-0.39, 0.29) is 11.7 Å². The number of carbonyl (C=O) groups is 1. The van der Waals surface area contributed by atoms with Gasteiger partial charge in [0.05, 0.1) is 6.04 Å². The van der Waals surface area contributed by atoms with Gasteiger partial charge in [0.1, 0.15) is 6.10 Å². The molecule has 0 saturated heterocycles. The van der Waals surface area contributed by atoms with Crippen molar-refractivity contribution in [3.05, 3.63) is 0 Å². The maximum absolute atomic E-state index is 11.5. The van der Waals surface area contributed by atoms with Gasteiger partial charge in [-0.25, -0.2) is 0 Å². The van der Waals surface area contributed by atoms with E-state index >= 15 is 0 Å². The average molecular weight is 203 g/mol. The molecule has 0 saturated carbocycles. The first kappa shape index (κ1) is 12.7. The van der Waals surface area contributed by atoms with E-state index in [1.54, 1.807) is 20.9 Å². The summed E-state index contributed by atoms with van der Waals surface area (Å²) in [5.41, 5.74) is 5.36. The SMILES string of the molecule is COC(C)C(=O)N(C)C(C)C(N)=NO. The van der Waals surface area contributed by atoms with Crippen LogP contribution in [0.25, 0.3) is 0 Å². The first-order valence-corrected chi connectivity index (χ1v) is 4.22. The van der Waals surface area contributed by atoms with Crippen molar-refractivity contribution < 1.29 is 14.7 Å². The number of amides is 1. The van der Waals surface area contributed by atoms with Crippen molar-refractivity contribution in [1.82, 2.24) is 4.90 Å². The molecule has 0 aromatic carbocycles. The molecule has 0 radical (unpaired) electrons. The molecule has 2 unspecified atom stereocenters. The molecule has 82 valence electrons. The molecule has 3 N–H and O–H groups in total. The largest absolute Gasteiger partial charge is 0.409 e. The van der Waals surface area contributed by atoms with E-state index < -0.39 is 12.1 Å². The summed E-state index contributed by atoms with van der Waals surface area (Å²) in [6, 6.07) is -0.454. The lowest BCUT2D eigenvalue weighted by atomic mass is 10.2. The number of ether oxygens (including phenoxy) is 1. The molecule has 0 aromatic heterocycles. The van der Waals surface area contributed by atoms with Crippen LogP contribution in [-0.4, -0.2) is 48.2 Å². The lowest BCUT2D eigenvalue weighted by Gasteiger charge is -2.25. The summed E-state index contributed by atoms with van der Waals surface area (Å²) in [6.07, 6.45) is -0.533. The van der Waals surface area contributed by atoms with Gasteiger partial charge in [-0.3, -0.25) is 4.79 Å². The Morgan fingerprint density at radius 3 is 2.43 bits per heavy atom. The third-order valence-corrected chi connectivity index (χ3v) is 2.17. The van der Waals surface area contributed by atoms with Gasteiger partial charge in [-0.05, 0) is 13.8 Å². The van der Waals surface area contributed by atoms with E-state index in [0.29, 0.717) is 0 Å². The van der Waals surface area contributed by atoms with Crippen molar-refractivity contribution in [3.8, 4) is 0 Å². The van der Waals surface area contributed by atoms with E-state index in [0.717, 1.165) is 0 Å². The van der Waals surface area contributed by atoms with Crippen LogP contribution in [0.2, 0.25) is 0 Å². The Bertz CT molecular complexity index is 230. The van der Waals surface area contributed by atoms with Crippen molar-refractivity contribution in [2.45, 2.75) is 26.0 Å². The second-order valence-electron chi connectivity index (χ2n) is 3.03. The van der Waals surface area contributed by atoms with Crippen molar-refractivity contribution >= 4 is 11.7 Å². The number of methoxy groups -OCH3 is 1. The van der Waals surface area contributed by atoms with E-state index in [9.17, 15) is 4.79 Å². The van der Waals surface area contributed by atoms with Gasteiger partial charge in [0.2, 0.25) is 0 Å². The summed E-state index contributed by atoms with van der Waals surface area (Å²) in [7, 11) is 3.02. The molecule has 0 bridgehead atoms. The lowest BCUT2D eigenvalue weighted by molar-refractivity contribution is -0.140. The monoisotopic (exact) mass is 203 g/mol. The number of hydrogen-bond donors (Lipinski definition) is 2. The molecule has 0 aliphatic rings. The Kier molecular flexibility index (Phi) is 4.93. The minimum atomic E-state index is -0.533. The van der Waals surface area contributed by atoms with Gasteiger partial charge in [0.25, 0.3) is 5.91 Å². The van der Waals surface area contributed by atoms with Crippen LogP contribution < -0.4 is 5.73 Å². The molecule has 0 fully saturated rings. The highest BCUT2D eigenvalue weighted by molar-refractivity contribution is 5.90. The number of oxime groups is 1. The second kappa shape index (κ2) is 5.43. The fourth-order valence-corrected chi connectivity index (χ4v) is 0.860. The summed E-state index contributed by atoms with van der Waals surface area (Å²) < 4.78 is 4.86. The smallest absolute Gasteiger partial charge is 0.251 e. The predicted molar refractivity (Wildman–Crippen MR) is 52.1 cm³/mol. The third kappa shape index (κ3) is 2.88. The maximum Gasteiger partial charge on any atom is 0.251 e. The summed E-state index contributed by atoms with van der Waals surface area (Å²) in [6.45, 7) is 3.30. The molecule has 6 nitrogen and oxygen atoms in total. The molecule has 6 heteroatoms. The number of carbonyl (C=O) groups excluding carboxylic acids is 1. The number of hydrogen-bond acceptors (Lipinski definition) is 4. The Hall–Kier alpha value is -1.30. The number of likely N-dealkylation sites (N-methyl/N-ethyl adjacent to an activating group) is 1. The molecule has 0 aromatic rings. The molecule has 14 heavy (non-hydrogen) atoms. The van der Waals surface area contributed by atoms with Crippen LogP contribution in [0.4, 0.5) is 0 Å². The summed E-state index contributed by atoms with van der Waals surface area (Å²) in [4.78, 5) is 12.9. The number of amidine groups is 1. The molecule has 1 amide bonds. The van der Waals surface area contributed by atoms with E-state index in [1.165, 1.54) is 12.0 Å². The van der Waals surface area contributed by atoms with Gasteiger partial charge in [-0.2, -0.15) is 0 Å². The Labute approximate surface area is 83.3 Å². The van der Waals surface area contributed by atoms with Crippen LogP contribution >= 0.6 is 0 Å². The fraction of sp³-hybridized carbons (Fsp3) is 0.750. The Morgan fingerprint density at radius 2 is 2.07 bits per heavy atom. The number of nitrogens with zero attached hydrogens (tertiary/aromatic N) is 2. The van der Waals surface area contributed by atoms with Gasteiger partial charge in [-0.15, -0.1) is 0 Å². The molecule has 0 aliphatic heterocycles. The van der Waals surface area contributed by atoms with Crippen molar-refractivity contribution in [2.24, 2.45) is 10.9 Å². The minimum Gasteiger partial charge on any atom is -0.409 e. The topological polar surface area (TPSA) is 88.2 Å². The Morgan fingerprint density at radius 1 is 1.57 bits per heavy atom. The predicted octanol–water partition coefficient (Wildman–Crippen LogP) is -0.385. The van der Waals surface area contributed by atoms with Gasteiger partial charge in [0, 0.05) is 14.2 Å². The molecule has 2 atom stereocenters. The zero-order valence-electron chi connectivity index (χ0n) is 8.89. The highest BCUT2D eigenvalue weighted by Crippen LogP contribution is 2.01. The van der Waals surface area contributed by atoms with E-state index in [4.69, 9.17) is 15.7 Å². The average Bonchev–Trinajstić information content (AvgIpc) is 2.23. The summed E-state index contributed by atoms with van der Waals surface area (Å²) in [5, 5.41) is 11.3. The zero-order chi connectivity index (χ0) is 11.3. The molecular weight excluding hydrogens is 186 g/mol. The standard InChI is InChI=1S/C8H17N3O3/c1-5(7(9)10-13)11(3)8(12)6(2)14-4/h5-6,13H,1-4H3,(H2,9,10). The quantitative estimate of drug-likeness (QED) is 0.282. The molecule has 0 spiro atoms. The maximum atomic E-state index is 11.5. The van der Waals surface area contributed by atoms with Gasteiger partial charge in [-0.1, -0.05) is 5.16 Å². The molecule has 0 rings (SSSR count). The first-order valence-electron chi connectivity index (χ1n) is 4.22. The van der Waals surface area contributed by atoms with Crippen LogP contribution in [0, 0.1) is 0 Å². The summed E-state index contributed by atoms with van der Waals surface area (Å²) >= 11 is 0. The highest BCUT2D eigenvalue weighted by Gasteiger charge is 2.23. The summed E-state index contributed by atoms with van der Waals surface area (Å²) in [5.74, 6) is -0.226. The Balaban J connectivity index is 4.46. The first-order chi connectivity index (χ1) is 6.45. The highest BCUT2D eigenvalue weighted by atomic mass is 16.5. The van der Waals surface area contributed by atoms with Crippen LogP contribution in [0.5, 0.6) is 0 Å². The fourth-order valence-electron chi connectivity index (χ4n) is 0.860. The van der Waals surface area contributed by atoms with Gasteiger partial charge < -0.3 is 20.6 Å². The van der Waals surface area contributed by atoms with Crippen molar-refractivity contribution in [1.29, 1.82) is 0 Å². The van der Waals surface area contributed by atoms with Crippen LogP contribution in [-0.2, 0) is 9.53 Å². The third-order valence-electron chi connectivity index (χ3n) is 2.17. The zero-order valence-corrected chi connectivity index (χ0v) is 8.89. The van der Waals surface area contributed by atoms with E-state index in [1.807, 2.05) is 0 Å². The van der Waals surface area contributed by atoms with Crippen LogP contribution in [0.15, 0.2) is 5.16 Å². The van der Waals surface area contributed by atoms with Gasteiger partial charge in [0.15, 0.2) is 5.84 Å². The van der Waals surface area contributed by atoms with Crippen LogP contribution in [0.1, 0.15) is 13.8 Å². The lowest BCUT2D eigenvalue weighted by Crippen LogP contribution is -2.47. The van der Waals surface area contributed by atoms with Crippen LogP contribution in [0.3, 0.4) is 0 Å². The molecule has 0 heterocycles. The van der Waals surface area contributed by atoms with E-state index in [2.05, 4.69) is 5.16 Å². The van der Waals surface area contributed by atoms with Crippen molar-refractivity contribution in [3.63, 3.8) is 0 Å². The van der Waals surface area contributed by atoms with Gasteiger partial charge >= 0.3 is 0 Å². The number of nitrogens with two attached hydrogens (primary N) is 1. The molecule has 0 aliphatic carbocycles. The van der Waals surface area contributed by atoms with Crippen molar-refractivity contribution in [2.75, 3.05) is 14.2 Å².